The van der Waals surface area contributed by atoms with Crippen LogP contribution >= 0.6 is 15.9 Å². The first-order valence-corrected chi connectivity index (χ1v) is 10.0. The van der Waals surface area contributed by atoms with E-state index in [0.717, 1.165) is 23.3 Å². The molecule has 0 radical (unpaired) electrons. The molecule has 0 bridgehead atoms. The lowest BCUT2D eigenvalue weighted by molar-refractivity contribution is -0.181. The van der Waals surface area contributed by atoms with E-state index in [0.29, 0.717) is 17.8 Å². The highest BCUT2D eigenvalue weighted by Crippen LogP contribution is 2.72. The Labute approximate surface area is 152 Å². The number of imidazole rings is 1. The number of carbonyl (C=O) groups excluding carboxylic acids is 1. The number of nitrogens with zero attached hydrogens (tertiary/aromatic N) is 1. The molecule has 1 N–H and O–H groups in total. The van der Waals surface area contributed by atoms with Gasteiger partial charge in [0.15, 0.2) is 0 Å². The van der Waals surface area contributed by atoms with E-state index in [1.54, 1.807) is 0 Å². The molecule has 5 heteroatoms. The van der Waals surface area contributed by atoms with Crippen LogP contribution in [0.3, 0.4) is 0 Å². The van der Waals surface area contributed by atoms with Crippen molar-refractivity contribution in [3.63, 3.8) is 0 Å². The number of aromatic nitrogens is 2. The normalized spacial score (nSPS) is 38.2. The fourth-order valence-electron chi connectivity index (χ4n) is 5.91. The zero-order chi connectivity index (χ0) is 17.1. The van der Waals surface area contributed by atoms with Crippen molar-refractivity contribution in [1.29, 1.82) is 0 Å². The fourth-order valence-corrected chi connectivity index (χ4v) is 6.22. The molecule has 4 rings (SSSR count). The zero-order valence-corrected chi connectivity index (χ0v) is 16.4. The highest BCUT2D eigenvalue weighted by atomic mass is 79.9. The van der Waals surface area contributed by atoms with Crippen LogP contribution in [0.1, 0.15) is 71.0 Å². The Balaban J connectivity index is 1.60. The molecule has 4 nitrogen and oxygen atoms in total. The van der Waals surface area contributed by atoms with Gasteiger partial charge in [-0.2, -0.15) is 0 Å². The van der Waals surface area contributed by atoms with E-state index >= 15 is 0 Å². The summed E-state index contributed by atoms with van der Waals surface area (Å²) < 4.78 is 6.75. The van der Waals surface area contributed by atoms with Gasteiger partial charge < -0.3 is 9.72 Å². The van der Waals surface area contributed by atoms with Gasteiger partial charge >= 0.3 is 5.97 Å². The van der Waals surface area contributed by atoms with Crippen LogP contribution < -0.4 is 0 Å². The van der Waals surface area contributed by atoms with Crippen molar-refractivity contribution in [2.75, 3.05) is 0 Å². The fraction of sp³-hybridized carbons (Fsp3) is 0.789. The van der Waals surface area contributed by atoms with Gasteiger partial charge in [-0.1, -0.05) is 6.42 Å². The minimum atomic E-state index is -0.399. The van der Waals surface area contributed by atoms with Crippen LogP contribution in [0.2, 0.25) is 0 Å². The van der Waals surface area contributed by atoms with E-state index in [2.05, 4.69) is 25.9 Å². The molecule has 5 atom stereocenters. The Morgan fingerprint density at radius 3 is 2.79 bits per heavy atom. The molecule has 1 spiro atoms. The van der Waals surface area contributed by atoms with E-state index in [-0.39, 0.29) is 17.3 Å². The molecule has 3 aliphatic carbocycles. The van der Waals surface area contributed by atoms with E-state index < -0.39 is 5.60 Å². The van der Waals surface area contributed by atoms with Crippen LogP contribution in [-0.2, 0) is 9.53 Å². The lowest BCUT2D eigenvalue weighted by atomic mass is 9.44. The second kappa shape index (κ2) is 5.58. The molecule has 0 aliphatic heterocycles. The number of carbonyl (C=O) groups is 1. The van der Waals surface area contributed by atoms with Gasteiger partial charge in [-0.15, -0.1) is 0 Å². The number of aromatic amines is 1. The zero-order valence-electron chi connectivity index (χ0n) is 14.8. The van der Waals surface area contributed by atoms with E-state index in [4.69, 9.17) is 4.74 Å². The Bertz CT molecular complexity index is 650. The molecular formula is C19H27BrN2O2. The van der Waals surface area contributed by atoms with E-state index in [1.807, 2.05) is 27.0 Å². The first kappa shape index (κ1) is 16.6. The molecular weight excluding hydrogens is 368 g/mol. The van der Waals surface area contributed by atoms with Gasteiger partial charge in [0.1, 0.15) is 16.0 Å². The largest absolute Gasteiger partial charge is 0.460 e. The molecule has 0 saturated heterocycles. The van der Waals surface area contributed by atoms with Crippen LogP contribution in [0, 0.1) is 23.2 Å². The van der Waals surface area contributed by atoms with Crippen LogP contribution in [0.25, 0.3) is 0 Å². The molecule has 1 aromatic rings. The first-order chi connectivity index (χ1) is 11.3. The first-order valence-electron chi connectivity index (χ1n) is 9.24. The standard InChI is InChI=1S/C19H27BrN2O2/c1-18(2,3)24-17(23)14-6-4-5-11-7-8-13-12(9-19(11,13)14)16-21-10-15(20)22-16/h10-14H,4-9H2,1-3H3,(H,21,22). The third kappa shape index (κ3) is 2.46. The Morgan fingerprint density at radius 1 is 1.33 bits per heavy atom. The maximum atomic E-state index is 12.9. The number of halogens is 1. The minimum Gasteiger partial charge on any atom is -0.460 e. The summed E-state index contributed by atoms with van der Waals surface area (Å²) in [7, 11) is 0. The summed E-state index contributed by atoms with van der Waals surface area (Å²) in [6, 6.07) is 0. The topological polar surface area (TPSA) is 55.0 Å². The van der Waals surface area contributed by atoms with Gasteiger partial charge in [0.25, 0.3) is 0 Å². The smallest absolute Gasteiger partial charge is 0.310 e. The third-order valence-electron chi connectivity index (χ3n) is 6.64. The van der Waals surface area contributed by atoms with Gasteiger partial charge in [-0.25, -0.2) is 4.98 Å². The Morgan fingerprint density at radius 2 is 2.12 bits per heavy atom. The predicted octanol–water partition coefficient (Wildman–Crippen LogP) is 4.81. The van der Waals surface area contributed by atoms with Gasteiger partial charge in [0.05, 0.1) is 12.1 Å². The van der Waals surface area contributed by atoms with Crippen molar-refractivity contribution in [3.05, 3.63) is 16.6 Å². The molecule has 1 aromatic heterocycles. The third-order valence-corrected chi connectivity index (χ3v) is 7.04. The molecule has 0 aromatic carbocycles. The maximum Gasteiger partial charge on any atom is 0.310 e. The second-order valence-corrected chi connectivity index (χ2v) is 9.79. The van der Waals surface area contributed by atoms with Gasteiger partial charge in [-0.05, 0) is 86.1 Å². The van der Waals surface area contributed by atoms with Crippen LogP contribution in [0.15, 0.2) is 10.8 Å². The summed E-state index contributed by atoms with van der Waals surface area (Å²) in [5, 5.41) is 0. The molecule has 5 unspecified atom stereocenters. The summed E-state index contributed by atoms with van der Waals surface area (Å²) in [6.07, 6.45) is 8.88. The Kier molecular flexibility index (Phi) is 3.87. The van der Waals surface area contributed by atoms with Crippen LogP contribution in [0.4, 0.5) is 0 Å². The number of hydrogen-bond acceptors (Lipinski definition) is 3. The van der Waals surface area contributed by atoms with Crippen molar-refractivity contribution in [2.24, 2.45) is 23.2 Å². The number of ether oxygens (including phenoxy) is 1. The molecule has 132 valence electrons. The molecule has 24 heavy (non-hydrogen) atoms. The molecule has 3 saturated carbocycles. The lowest BCUT2D eigenvalue weighted by Gasteiger charge is -2.59. The molecule has 3 fully saturated rings. The minimum absolute atomic E-state index is 0.0400. The average molecular weight is 395 g/mol. The van der Waals surface area contributed by atoms with Crippen molar-refractivity contribution < 1.29 is 9.53 Å². The average Bonchev–Trinajstić information content (AvgIpc) is 3.00. The second-order valence-electron chi connectivity index (χ2n) is 8.94. The summed E-state index contributed by atoms with van der Waals surface area (Å²) in [5.41, 5.74) is -0.228. The summed E-state index contributed by atoms with van der Waals surface area (Å²) >= 11 is 3.47. The highest BCUT2D eigenvalue weighted by molar-refractivity contribution is 9.10. The SMILES string of the molecule is CC(C)(C)OC(=O)C1CCCC2CCC3C(c4ncc(Br)[nH]4)CC213. The number of nitrogens with one attached hydrogen (secondary N) is 1. The van der Waals surface area contributed by atoms with Crippen LogP contribution in [0.5, 0.6) is 0 Å². The van der Waals surface area contributed by atoms with Crippen molar-refractivity contribution in [2.45, 2.75) is 70.8 Å². The highest BCUT2D eigenvalue weighted by Gasteiger charge is 2.67. The predicted molar refractivity (Wildman–Crippen MR) is 95.5 cm³/mol. The molecule has 3 aliphatic rings. The number of esters is 1. The van der Waals surface area contributed by atoms with Gasteiger partial charge in [0, 0.05) is 5.92 Å². The Hall–Kier alpha value is -0.840. The maximum absolute atomic E-state index is 12.9. The number of H-pyrrole nitrogens is 1. The van der Waals surface area contributed by atoms with Crippen molar-refractivity contribution in [1.82, 2.24) is 9.97 Å². The van der Waals surface area contributed by atoms with Crippen LogP contribution in [-0.4, -0.2) is 21.5 Å². The van der Waals surface area contributed by atoms with E-state index in [9.17, 15) is 4.79 Å². The van der Waals surface area contributed by atoms with Gasteiger partial charge in [0.2, 0.25) is 0 Å². The summed E-state index contributed by atoms with van der Waals surface area (Å²) in [4.78, 5) is 20.8. The number of rotatable bonds is 2. The summed E-state index contributed by atoms with van der Waals surface area (Å²) in [6.45, 7) is 5.91. The van der Waals surface area contributed by atoms with Crippen molar-refractivity contribution >= 4 is 21.9 Å². The molecule has 0 amide bonds. The van der Waals surface area contributed by atoms with Gasteiger partial charge in [-0.3, -0.25) is 4.79 Å². The van der Waals surface area contributed by atoms with E-state index in [1.165, 1.54) is 25.7 Å². The number of hydrogen-bond donors (Lipinski definition) is 1. The molecule has 1 heterocycles. The summed E-state index contributed by atoms with van der Waals surface area (Å²) in [5.74, 6) is 2.97. The monoisotopic (exact) mass is 394 g/mol. The lowest BCUT2D eigenvalue weighted by Crippen LogP contribution is -2.56. The quantitative estimate of drug-likeness (QED) is 0.731. The van der Waals surface area contributed by atoms with Crippen molar-refractivity contribution in [3.8, 4) is 0 Å².